The van der Waals surface area contributed by atoms with Gasteiger partial charge in [0.1, 0.15) is 12.1 Å². The summed E-state index contributed by atoms with van der Waals surface area (Å²) in [6.07, 6.45) is 2.79. The van der Waals surface area contributed by atoms with Gasteiger partial charge < -0.3 is 20.0 Å². The predicted octanol–water partition coefficient (Wildman–Crippen LogP) is 4.05. The molecule has 0 saturated carbocycles. The van der Waals surface area contributed by atoms with Crippen LogP contribution in [0.15, 0.2) is 28.9 Å². The van der Waals surface area contributed by atoms with Gasteiger partial charge in [-0.2, -0.15) is 0 Å². The van der Waals surface area contributed by atoms with Crippen LogP contribution in [0.25, 0.3) is 0 Å². The molecule has 0 saturated heterocycles. The summed E-state index contributed by atoms with van der Waals surface area (Å²) in [5.74, 6) is -0.634. The normalized spacial score (nSPS) is 10.5. The van der Waals surface area contributed by atoms with E-state index in [0.29, 0.717) is 25.2 Å². The number of amides is 3. The van der Waals surface area contributed by atoms with Crippen LogP contribution in [0, 0.1) is 5.82 Å². The number of oxazole rings is 1. The summed E-state index contributed by atoms with van der Waals surface area (Å²) in [5, 5.41) is 5.29. The van der Waals surface area contributed by atoms with E-state index in [-0.39, 0.29) is 29.1 Å². The number of rotatable bonds is 8. The molecule has 1 aromatic heterocycles. The van der Waals surface area contributed by atoms with E-state index in [2.05, 4.69) is 15.6 Å². The highest BCUT2D eigenvalue weighted by atomic mass is 35.5. The minimum Gasteiger partial charge on any atom is -0.446 e. The summed E-state index contributed by atoms with van der Waals surface area (Å²) < 4.78 is 18.6. The summed E-state index contributed by atoms with van der Waals surface area (Å²) in [6.45, 7) is 4.96. The van der Waals surface area contributed by atoms with Crippen LogP contribution in [0.1, 0.15) is 43.1 Å². The molecule has 1 aromatic carbocycles. The van der Waals surface area contributed by atoms with Crippen molar-refractivity contribution in [1.82, 2.24) is 15.2 Å². The monoisotopic (exact) mass is 396 g/mol. The predicted molar refractivity (Wildman–Crippen MR) is 100 cm³/mol. The lowest BCUT2D eigenvalue weighted by atomic mass is 10.3. The Morgan fingerprint density at radius 1 is 1.30 bits per heavy atom. The van der Waals surface area contributed by atoms with Crippen LogP contribution in [0.2, 0.25) is 5.02 Å². The first-order valence-corrected chi connectivity index (χ1v) is 9.06. The lowest BCUT2D eigenvalue weighted by Gasteiger charge is -2.21. The Morgan fingerprint density at radius 3 is 2.74 bits per heavy atom. The van der Waals surface area contributed by atoms with Crippen LogP contribution in [0.4, 0.5) is 14.9 Å². The Morgan fingerprint density at radius 2 is 2.07 bits per heavy atom. The van der Waals surface area contributed by atoms with Gasteiger partial charge in [0.15, 0.2) is 5.69 Å². The zero-order valence-electron chi connectivity index (χ0n) is 15.2. The first-order chi connectivity index (χ1) is 12.9. The summed E-state index contributed by atoms with van der Waals surface area (Å²) in [4.78, 5) is 30.0. The molecule has 0 radical (unpaired) electrons. The van der Waals surface area contributed by atoms with Gasteiger partial charge in [0.25, 0.3) is 5.91 Å². The maximum Gasteiger partial charge on any atom is 0.322 e. The zero-order valence-corrected chi connectivity index (χ0v) is 16.0. The van der Waals surface area contributed by atoms with Gasteiger partial charge >= 0.3 is 6.03 Å². The summed E-state index contributed by atoms with van der Waals surface area (Å²) in [5.41, 5.74) is 0.542. The van der Waals surface area contributed by atoms with E-state index in [0.717, 1.165) is 6.42 Å². The average Bonchev–Trinajstić information content (AvgIpc) is 3.11. The molecule has 3 amide bonds. The molecule has 1 heterocycles. The molecule has 0 spiro atoms. The number of hydrogen-bond donors (Lipinski definition) is 2. The highest BCUT2D eigenvalue weighted by Gasteiger charge is 2.18. The Hall–Kier alpha value is -2.61. The van der Waals surface area contributed by atoms with Crippen molar-refractivity contribution in [3.05, 3.63) is 46.9 Å². The fourth-order valence-electron chi connectivity index (χ4n) is 2.28. The Kier molecular flexibility index (Phi) is 7.60. The van der Waals surface area contributed by atoms with Crippen molar-refractivity contribution in [2.75, 3.05) is 18.4 Å². The zero-order chi connectivity index (χ0) is 19.8. The van der Waals surface area contributed by atoms with Crippen molar-refractivity contribution in [3.8, 4) is 0 Å². The van der Waals surface area contributed by atoms with Gasteiger partial charge in [-0.05, 0) is 31.0 Å². The van der Waals surface area contributed by atoms with Crippen LogP contribution in [0.5, 0.6) is 0 Å². The fraction of sp³-hybridized carbons (Fsp3) is 0.389. The van der Waals surface area contributed by atoms with Crippen LogP contribution < -0.4 is 10.6 Å². The first kappa shape index (κ1) is 20.7. The Bertz CT molecular complexity index is 797. The summed E-state index contributed by atoms with van der Waals surface area (Å²) in [7, 11) is 0. The SMILES string of the molecule is CCCNC(=O)c1coc(CN(CCC)C(=O)Nc2ccc(F)c(Cl)c2)n1. The quantitative estimate of drug-likeness (QED) is 0.704. The smallest absolute Gasteiger partial charge is 0.322 e. The van der Waals surface area contributed by atoms with Gasteiger partial charge in [0.2, 0.25) is 5.89 Å². The highest BCUT2D eigenvalue weighted by molar-refractivity contribution is 6.31. The fourth-order valence-corrected chi connectivity index (χ4v) is 2.46. The number of urea groups is 1. The van der Waals surface area contributed by atoms with Crippen molar-refractivity contribution in [1.29, 1.82) is 0 Å². The molecule has 2 aromatic rings. The number of carbonyl (C=O) groups excluding carboxylic acids is 2. The molecule has 9 heteroatoms. The third-order valence-electron chi connectivity index (χ3n) is 3.60. The molecule has 7 nitrogen and oxygen atoms in total. The van der Waals surface area contributed by atoms with E-state index < -0.39 is 11.8 Å². The van der Waals surface area contributed by atoms with E-state index in [4.69, 9.17) is 16.0 Å². The standard InChI is InChI=1S/C18H22ClFN4O3/c1-3-7-21-17(25)15-11-27-16(23-15)10-24(8-4-2)18(26)22-12-5-6-14(20)13(19)9-12/h5-6,9,11H,3-4,7-8,10H2,1-2H3,(H,21,25)(H,22,26). The van der Waals surface area contributed by atoms with Crippen molar-refractivity contribution < 1.29 is 18.4 Å². The second-order valence-electron chi connectivity index (χ2n) is 5.86. The van der Waals surface area contributed by atoms with E-state index >= 15 is 0 Å². The number of benzene rings is 1. The van der Waals surface area contributed by atoms with E-state index in [9.17, 15) is 14.0 Å². The van der Waals surface area contributed by atoms with Gasteiger partial charge in [-0.15, -0.1) is 0 Å². The van der Waals surface area contributed by atoms with Crippen molar-refractivity contribution >= 4 is 29.2 Å². The van der Waals surface area contributed by atoms with Crippen LogP contribution in [0.3, 0.4) is 0 Å². The third kappa shape index (κ3) is 5.96. The van der Waals surface area contributed by atoms with Crippen LogP contribution in [-0.2, 0) is 6.54 Å². The molecular formula is C18H22ClFN4O3. The van der Waals surface area contributed by atoms with E-state index in [1.165, 1.54) is 29.4 Å². The van der Waals surface area contributed by atoms with Crippen molar-refractivity contribution in [2.45, 2.75) is 33.2 Å². The molecule has 0 aliphatic heterocycles. The lowest BCUT2D eigenvalue weighted by molar-refractivity contribution is 0.0948. The largest absolute Gasteiger partial charge is 0.446 e. The van der Waals surface area contributed by atoms with Gasteiger partial charge in [-0.3, -0.25) is 4.79 Å². The maximum absolute atomic E-state index is 13.2. The number of aromatic nitrogens is 1. The Balaban J connectivity index is 2.03. The van der Waals surface area contributed by atoms with Crippen molar-refractivity contribution in [2.24, 2.45) is 0 Å². The molecule has 0 aliphatic carbocycles. The molecule has 2 N–H and O–H groups in total. The second-order valence-corrected chi connectivity index (χ2v) is 6.27. The van der Waals surface area contributed by atoms with E-state index in [1.54, 1.807) is 0 Å². The molecule has 0 fully saturated rings. The molecule has 27 heavy (non-hydrogen) atoms. The Labute approximate surface area is 161 Å². The lowest BCUT2D eigenvalue weighted by Crippen LogP contribution is -2.35. The van der Waals surface area contributed by atoms with Gasteiger partial charge in [0.05, 0.1) is 11.6 Å². The molecule has 0 unspecified atom stereocenters. The number of nitrogens with one attached hydrogen (secondary N) is 2. The summed E-state index contributed by atoms with van der Waals surface area (Å²) in [6, 6.07) is 3.53. The highest BCUT2D eigenvalue weighted by Crippen LogP contribution is 2.20. The maximum atomic E-state index is 13.2. The molecule has 0 aliphatic rings. The second kappa shape index (κ2) is 9.91. The molecule has 0 atom stereocenters. The minimum atomic E-state index is -0.561. The van der Waals surface area contributed by atoms with Crippen molar-refractivity contribution in [3.63, 3.8) is 0 Å². The molecule has 0 bridgehead atoms. The molecule has 146 valence electrons. The van der Waals surface area contributed by atoms with Crippen LogP contribution >= 0.6 is 11.6 Å². The number of carbonyl (C=O) groups is 2. The number of hydrogen-bond acceptors (Lipinski definition) is 4. The van der Waals surface area contributed by atoms with Crippen LogP contribution in [-0.4, -0.2) is 34.9 Å². The minimum absolute atomic E-state index is 0.0784. The third-order valence-corrected chi connectivity index (χ3v) is 3.89. The number of nitrogens with zero attached hydrogens (tertiary/aromatic N) is 2. The summed E-state index contributed by atoms with van der Waals surface area (Å²) >= 11 is 5.73. The van der Waals surface area contributed by atoms with Gasteiger partial charge in [-0.1, -0.05) is 25.4 Å². The number of halogens is 2. The molecular weight excluding hydrogens is 375 g/mol. The van der Waals surface area contributed by atoms with Gasteiger partial charge in [-0.25, -0.2) is 14.2 Å². The number of anilines is 1. The average molecular weight is 397 g/mol. The van der Waals surface area contributed by atoms with Gasteiger partial charge in [0, 0.05) is 18.8 Å². The molecule has 2 rings (SSSR count). The topological polar surface area (TPSA) is 87.5 Å². The first-order valence-electron chi connectivity index (χ1n) is 8.68. The van der Waals surface area contributed by atoms with E-state index in [1.807, 2.05) is 13.8 Å².